The molecule has 1 heterocycles. The molecule has 0 saturated carbocycles. The van der Waals surface area contributed by atoms with Crippen molar-refractivity contribution in [2.45, 2.75) is 18.4 Å². The van der Waals surface area contributed by atoms with Crippen molar-refractivity contribution in [1.29, 1.82) is 0 Å². The molecule has 0 aliphatic carbocycles. The van der Waals surface area contributed by atoms with E-state index in [-0.39, 0.29) is 13.0 Å². The Labute approximate surface area is 74.4 Å². The van der Waals surface area contributed by atoms with E-state index in [1.54, 1.807) is 0 Å². The highest BCUT2D eigenvalue weighted by Gasteiger charge is 2.49. The van der Waals surface area contributed by atoms with Crippen LogP contribution in [0, 0.1) is 0 Å². The summed E-state index contributed by atoms with van der Waals surface area (Å²) < 4.78 is 0. The zero-order valence-corrected chi connectivity index (χ0v) is 6.93. The number of hydrogen-bond acceptors (Lipinski definition) is 3. The summed E-state index contributed by atoms with van der Waals surface area (Å²) in [5, 5.41) is 26.4. The molecule has 13 heavy (non-hydrogen) atoms. The number of aliphatic hydroxyl groups is 1. The lowest BCUT2D eigenvalue weighted by Gasteiger charge is -2.30. The number of carbonyl (C=O) groups is 2. The molecule has 3 N–H and O–H groups in total. The minimum atomic E-state index is -1.62. The fourth-order valence-corrected chi connectivity index (χ4v) is 1.61. The fourth-order valence-electron chi connectivity index (χ4n) is 1.61. The van der Waals surface area contributed by atoms with E-state index >= 15 is 0 Å². The predicted molar refractivity (Wildman–Crippen MR) is 41.4 cm³/mol. The first-order valence-corrected chi connectivity index (χ1v) is 3.89. The van der Waals surface area contributed by atoms with Crippen molar-refractivity contribution in [3.8, 4) is 0 Å². The summed E-state index contributed by atoms with van der Waals surface area (Å²) in [6.45, 7) is -0.503. The maximum atomic E-state index is 10.8. The molecule has 0 aromatic carbocycles. The molecule has 1 saturated heterocycles. The van der Waals surface area contributed by atoms with Crippen LogP contribution in [0.2, 0.25) is 0 Å². The molecular weight excluding hydrogens is 178 g/mol. The minimum absolute atomic E-state index is 0.169. The molecule has 74 valence electrons. The van der Waals surface area contributed by atoms with Crippen LogP contribution in [-0.4, -0.2) is 51.0 Å². The van der Waals surface area contributed by atoms with E-state index in [2.05, 4.69) is 0 Å². The Morgan fingerprint density at radius 3 is 2.31 bits per heavy atom. The smallest absolute Gasteiger partial charge is 0.408 e. The molecule has 6 heteroatoms. The van der Waals surface area contributed by atoms with Gasteiger partial charge in [0.1, 0.15) is 0 Å². The average molecular weight is 189 g/mol. The van der Waals surface area contributed by atoms with Crippen LogP contribution in [0.15, 0.2) is 0 Å². The first-order valence-electron chi connectivity index (χ1n) is 3.89. The van der Waals surface area contributed by atoms with Crippen molar-refractivity contribution in [1.82, 2.24) is 4.90 Å². The van der Waals surface area contributed by atoms with Crippen LogP contribution in [0.3, 0.4) is 0 Å². The molecule has 6 nitrogen and oxygen atoms in total. The molecule has 1 aliphatic rings. The van der Waals surface area contributed by atoms with Gasteiger partial charge in [-0.25, -0.2) is 9.59 Å². The molecule has 0 bridgehead atoms. The van der Waals surface area contributed by atoms with E-state index < -0.39 is 24.2 Å². The number of nitrogens with zero attached hydrogens (tertiary/aromatic N) is 1. The molecule has 1 atom stereocenters. The monoisotopic (exact) mass is 189 g/mol. The van der Waals surface area contributed by atoms with E-state index in [1.165, 1.54) is 0 Å². The van der Waals surface area contributed by atoms with Gasteiger partial charge in [0.2, 0.25) is 0 Å². The number of likely N-dealkylation sites (tertiary alicyclic amines) is 1. The van der Waals surface area contributed by atoms with Crippen LogP contribution in [-0.2, 0) is 4.79 Å². The number of carboxylic acid groups (broad SMARTS) is 2. The lowest BCUT2D eigenvalue weighted by Crippen LogP contribution is -2.55. The van der Waals surface area contributed by atoms with Crippen molar-refractivity contribution in [2.75, 3.05) is 13.2 Å². The van der Waals surface area contributed by atoms with Gasteiger partial charge in [0, 0.05) is 6.54 Å². The second-order valence-electron chi connectivity index (χ2n) is 3.03. The zero-order valence-electron chi connectivity index (χ0n) is 6.93. The molecule has 1 unspecified atom stereocenters. The molecule has 1 amide bonds. The lowest BCUT2D eigenvalue weighted by atomic mass is 9.98. The Bertz CT molecular complexity index is 241. The van der Waals surface area contributed by atoms with Crippen LogP contribution in [0.25, 0.3) is 0 Å². The summed E-state index contributed by atoms with van der Waals surface area (Å²) in [7, 11) is 0. The third-order valence-electron chi connectivity index (χ3n) is 2.38. The van der Waals surface area contributed by atoms with Crippen molar-refractivity contribution >= 4 is 12.1 Å². The van der Waals surface area contributed by atoms with Crippen molar-refractivity contribution in [3.63, 3.8) is 0 Å². The van der Waals surface area contributed by atoms with E-state index in [0.717, 1.165) is 4.90 Å². The Balaban J connectivity index is 2.96. The molecular formula is C7H11NO5. The number of amides is 1. The van der Waals surface area contributed by atoms with Crippen LogP contribution in [0.1, 0.15) is 12.8 Å². The van der Waals surface area contributed by atoms with Crippen LogP contribution < -0.4 is 0 Å². The van der Waals surface area contributed by atoms with Crippen molar-refractivity contribution < 1.29 is 24.9 Å². The number of carboxylic acids is 1. The van der Waals surface area contributed by atoms with E-state index in [1.807, 2.05) is 0 Å². The summed E-state index contributed by atoms with van der Waals surface area (Å²) >= 11 is 0. The average Bonchev–Trinajstić information content (AvgIpc) is 2.48. The standard InChI is InChI=1S/C7H11NO5/c9-4-7(5(10)11)2-1-3-8(7)6(12)13/h9H,1-4H2,(H,10,11)(H,12,13). The third-order valence-corrected chi connectivity index (χ3v) is 2.38. The van der Waals surface area contributed by atoms with Gasteiger partial charge in [0.15, 0.2) is 5.54 Å². The van der Waals surface area contributed by atoms with Gasteiger partial charge in [-0.1, -0.05) is 0 Å². The first-order chi connectivity index (χ1) is 6.04. The Morgan fingerprint density at radius 2 is 2.00 bits per heavy atom. The maximum Gasteiger partial charge on any atom is 0.408 e. The van der Waals surface area contributed by atoms with E-state index in [4.69, 9.17) is 15.3 Å². The molecule has 1 aliphatic heterocycles. The largest absolute Gasteiger partial charge is 0.479 e. The summed E-state index contributed by atoms with van der Waals surface area (Å²) in [6, 6.07) is 0. The number of rotatable bonds is 2. The Morgan fingerprint density at radius 1 is 1.38 bits per heavy atom. The second-order valence-corrected chi connectivity index (χ2v) is 3.03. The van der Waals surface area contributed by atoms with Gasteiger partial charge in [0.25, 0.3) is 0 Å². The highest BCUT2D eigenvalue weighted by Crippen LogP contribution is 2.29. The summed E-state index contributed by atoms with van der Waals surface area (Å²) in [5.41, 5.74) is -1.62. The van der Waals surface area contributed by atoms with Crippen molar-refractivity contribution in [3.05, 3.63) is 0 Å². The van der Waals surface area contributed by atoms with Gasteiger partial charge in [-0.15, -0.1) is 0 Å². The quantitative estimate of drug-likeness (QED) is 0.547. The highest BCUT2D eigenvalue weighted by atomic mass is 16.4. The zero-order chi connectivity index (χ0) is 10.1. The highest BCUT2D eigenvalue weighted by molar-refractivity contribution is 5.84. The van der Waals surface area contributed by atoms with Gasteiger partial charge in [-0.05, 0) is 12.8 Å². The molecule has 0 radical (unpaired) electrons. The van der Waals surface area contributed by atoms with Crippen molar-refractivity contribution in [2.24, 2.45) is 0 Å². The predicted octanol–water partition coefficient (Wildman–Crippen LogP) is -0.424. The summed E-state index contributed by atoms with van der Waals surface area (Å²) in [6.07, 6.45) is -0.654. The summed E-state index contributed by atoms with van der Waals surface area (Å²) in [5.74, 6) is -1.28. The molecule has 1 rings (SSSR count). The Kier molecular flexibility index (Phi) is 2.42. The van der Waals surface area contributed by atoms with Gasteiger partial charge >= 0.3 is 12.1 Å². The van der Waals surface area contributed by atoms with E-state index in [0.29, 0.717) is 6.42 Å². The van der Waals surface area contributed by atoms with Crippen LogP contribution >= 0.6 is 0 Å². The number of hydrogen-bond donors (Lipinski definition) is 3. The second kappa shape index (κ2) is 3.21. The lowest BCUT2D eigenvalue weighted by molar-refractivity contribution is -0.151. The number of aliphatic carboxylic acids is 1. The van der Waals surface area contributed by atoms with Gasteiger partial charge < -0.3 is 15.3 Å². The van der Waals surface area contributed by atoms with Gasteiger partial charge in [-0.2, -0.15) is 0 Å². The third kappa shape index (κ3) is 1.33. The molecule has 0 aromatic heterocycles. The topological polar surface area (TPSA) is 98.1 Å². The minimum Gasteiger partial charge on any atom is -0.479 e. The number of aliphatic hydroxyl groups excluding tert-OH is 1. The van der Waals surface area contributed by atoms with E-state index in [9.17, 15) is 9.59 Å². The van der Waals surface area contributed by atoms with Crippen LogP contribution in [0.4, 0.5) is 4.79 Å². The van der Waals surface area contributed by atoms with Crippen LogP contribution in [0.5, 0.6) is 0 Å². The normalized spacial score (nSPS) is 27.6. The SMILES string of the molecule is O=C(O)N1CCCC1(CO)C(=O)O. The van der Waals surface area contributed by atoms with Gasteiger partial charge in [-0.3, -0.25) is 4.90 Å². The molecule has 0 aromatic rings. The molecule has 1 fully saturated rings. The molecule has 0 spiro atoms. The Hall–Kier alpha value is -1.30. The first kappa shape index (κ1) is 9.79. The fraction of sp³-hybridized carbons (Fsp3) is 0.714. The van der Waals surface area contributed by atoms with Gasteiger partial charge in [0.05, 0.1) is 6.61 Å². The maximum absolute atomic E-state index is 10.8. The summed E-state index contributed by atoms with van der Waals surface area (Å²) in [4.78, 5) is 22.2.